The smallest absolute Gasteiger partial charge is 0.209 e. The minimum absolute atomic E-state index is 0. The number of rotatable bonds is 8. The number of ether oxygens (including phenoxy) is 1. The van der Waals surface area contributed by atoms with Crippen LogP contribution in [0.15, 0.2) is 27.8 Å². The maximum Gasteiger partial charge on any atom is 0.209 e. The highest BCUT2D eigenvalue weighted by molar-refractivity contribution is 9.10. The molecule has 2 aromatic rings. The van der Waals surface area contributed by atoms with Crippen molar-refractivity contribution in [3.8, 4) is 5.75 Å². The summed E-state index contributed by atoms with van der Waals surface area (Å²) < 4.78 is 8.36. The van der Waals surface area contributed by atoms with Crippen LogP contribution >= 0.6 is 27.7 Å². The Bertz CT molecular complexity index is 583. The fourth-order valence-electron chi connectivity index (χ4n) is 1.76. The van der Waals surface area contributed by atoms with E-state index in [4.69, 9.17) is 4.74 Å². The normalized spacial score (nSPS) is 10.3. The maximum atomic E-state index is 5.63. The third kappa shape index (κ3) is 5.75. The van der Waals surface area contributed by atoms with Crippen LogP contribution < -0.4 is 22.5 Å². The lowest BCUT2D eigenvalue weighted by Crippen LogP contribution is -3.00. The van der Waals surface area contributed by atoms with Crippen molar-refractivity contribution in [3.05, 3.63) is 28.2 Å². The molecule has 0 amide bonds. The van der Waals surface area contributed by atoms with Crippen molar-refractivity contribution in [1.82, 2.24) is 25.5 Å². The molecule has 0 bridgehead atoms. The molecule has 0 aliphatic rings. The average molecular weight is 408 g/mol. The van der Waals surface area contributed by atoms with E-state index in [9.17, 15) is 0 Å². The van der Waals surface area contributed by atoms with Crippen molar-refractivity contribution in [3.63, 3.8) is 0 Å². The van der Waals surface area contributed by atoms with E-state index in [2.05, 4.69) is 42.8 Å². The molecule has 1 heterocycles. The van der Waals surface area contributed by atoms with Gasteiger partial charge >= 0.3 is 0 Å². The number of thioether (sulfide) groups is 1. The second kappa shape index (κ2) is 10.0. The summed E-state index contributed by atoms with van der Waals surface area (Å²) >= 11 is 5.12. The topological polar surface area (TPSA) is 64.9 Å². The first-order valence-corrected chi connectivity index (χ1v) is 8.45. The second-order valence-corrected chi connectivity index (χ2v) is 6.27. The average Bonchev–Trinajstić information content (AvgIpc) is 2.87. The molecule has 1 aromatic carbocycles. The molecule has 0 unspecified atom stereocenters. The van der Waals surface area contributed by atoms with Gasteiger partial charge in [-0.3, -0.25) is 0 Å². The van der Waals surface area contributed by atoms with Crippen LogP contribution in [0.4, 0.5) is 0 Å². The van der Waals surface area contributed by atoms with Crippen LogP contribution in [0, 0.1) is 0 Å². The Morgan fingerprint density at radius 2 is 2.23 bits per heavy atom. The number of tetrazole rings is 1. The van der Waals surface area contributed by atoms with E-state index in [1.54, 1.807) is 16.4 Å². The van der Waals surface area contributed by atoms with E-state index in [0.29, 0.717) is 6.61 Å². The molecular formula is C13H18BrClN5OS-. The van der Waals surface area contributed by atoms with Crippen molar-refractivity contribution >= 4 is 27.7 Å². The molecular weight excluding hydrogens is 390 g/mol. The largest absolute Gasteiger partial charge is 1.00 e. The molecule has 0 atom stereocenters. The Balaban J connectivity index is 0.00000242. The van der Waals surface area contributed by atoms with Crippen LogP contribution in [0.3, 0.4) is 0 Å². The molecule has 6 nitrogen and oxygen atoms in total. The first kappa shape index (κ1) is 19.2. The van der Waals surface area contributed by atoms with Crippen molar-refractivity contribution < 1.29 is 17.1 Å². The Hall–Kier alpha value is -0.830. The molecule has 0 radical (unpaired) electrons. The van der Waals surface area contributed by atoms with Gasteiger partial charge in [0, 0.05) is 35.9 Å². The molecule has 0 spiro atoms. The Morgan fingerprint density at radius 3 is 2.91 bits per heavy atom. The highest BCUT2D eigenvalue weighted by Crippen LogP contribution is 2.23. The van der Waals surface area contributed by atoms with E-state index in [1.807, 2.05) is 26.1 Å². The van der Waals surface area contributed by atoms with E-state index < -0.39 is 0 Å². The molecule has 0 aliphatic heterocycles. The molecule has 9 heteroatoms. The predicted molar refractivity (Wildman–Crippen MR) is 86.5 cm³/mol. The summed E-state index contributed by atoms with van der Waals surface area (Å²) in [6, 6.07) is 6.06. The fourth-order valence-corrected chi connectivity index (χ4v) is 2.92. The number of aromatic nitrogens is 4. The summed E-state index contributed by atoms with van der Waals surface area (Å²) in [5.41, 5.74) is 1.15. The fraction of sp³-hybridized carbons (Fsp3) is 0.462. The summed E-state index contributed by atoms with van der Waals surface area (Å²) in [6.45, 7) is 4.30. The van der Waals surface area contributed by atoms with E-state index in [1.165, 1.54) is 0 Å². The molecule has 0 saturated heterocycles. The summed E-state index contributed by atoms with van der Waals surface area (Å²) in [4.78, 5) is 0. The molecule has 1 N–H and O–H groups in total. The number of benzene rings is 1. The molecule has 0 fully saturated rings. The maximum absolute atomic E-state index is 5.63. The van der Waals surface area contributed by atoms with Gasteiger partial charge < -0.3 is 22.5 Å². The summed E-state index contributed by atoms with van der Waals surface area (Å²) in [7, 11) is 1.84. The lowest BCUT2D eigenvalue weighted by molar-refractivity contribution is -0.00000497. The number of aryl methyl sites for hydroxylation is 1. The van der Waals surface area contributed by atoms with Gasteiger partial charge in [-0.1, -0.05) is 27.7 Å². The van der Waals surface area contributed by atoms with Crippen LogP contribution in [0.1, 0.15) is 12.5 Å². The quantitative estimate of drug-likeness (QED) is 0.459. The highest BCUT2D eigenvalue weighted by atomic mass is 79.9. The van der Waals surface area contributed by atoms with Gasteiger partial charge in [-0.15, -0.1) is 5.10 Å². The summed E-state index contributed by atoms with van der Waals surface area (Å²) in [5, 5.41) is 15.6. The van der Waals surface area contributed by atoms with E-state index >= 15 is 0 Å². The van der Waals surface area contributed by atoms with Gasteiger partial charge in [0.2, 0.25) is 5.16 Å². The molecule has 0 aliphatic carbocycles. The zero-order valence-electron chi connectivity index (χ0n) is 12.4. The Kier molecular flexibility index (Phi) is 8.77. The SMILES string of the molecule is CCOc1ccc(Br)cc1CNCCSc1nnnn1C.[Cl-]. The number of hydrogen-bond donors (Lipinski definition) is 1. The summed E-state index contributed by atoms with van der Waals surface area (Å²) in [6.07, 6.45) is 0. The number of nitrogens with one attached hydrogen (secondary N) is 1. The lowest BCUT2D eigenvalue weighted by atomic mass is 10.2. The number of hydrogen-bond acceptors (Lipinski definition) is 6. The van der Waals surface area contributed by atoms with Crippen LogP contribution in [0.25, 0.3) is 0 Å². The zero-order valence-corrected chi connectivity index (χ0v) is 15.6. The Labute approximate surface area is 148 Å². The standard InChI is InChI=1S/C13H18BrN5OS.ClH/c1-3-20-12-5-4-11(14)8-10(12)9-15-6-7-21-13-16-17-18-19(13)2;/h4-5,8,15H,3,6-7,9H2,1-2H3;1H/p-1. The van der Waals surface area contributed by atoms with Gasteiger partial charge in [0.15, 0.2) is 0 Å². The third-order valence-electron chi connectivity index (χ3n) is 2.73. The van der Waals surface area contributed by atoms with Crippen LogP contribution in [0.2, 0.25) is 0 Å². The van der Waals surface area contributed by atoms with Gasteiger partial charge in [-0.25, -0.2) is 4.68 Å². The second-order valence-electron chi connectivity index (χ2n) is 4.30. The number of halogens is 2. The van der Waals surface area contributed by atoms with Gasteiger partial charge in [0.25, 0.3) is 0 Å². The van der Waals surface area contributed by atoms with Crippen LogP contribution in [0.5, 0.6) is 5.75 Å². The minimum atomic E-state index is 0. The van der Waals surface area contributed by atoms with Crippen molar-refractivity contribution in [2.24, 2.45) is 7.05 Å². The Morgan fingerprint density at radius 1 is 1.41 bits per heavy atom. The molecule has 22 heavy (non-hydrogen) atoms. The van der Waals surface area contributed by atoms with Gasteiger partial charge in [0.05, 0.1) is 6.61 Å². The number of nitrogens with zero attached hydrogens (tertiary/aromatic N) is 4. The van der Waals surface area contributed by atoms with Gasteiger partial charge in [-0.2, -0.15) is 0 Å². The monoisotopic (exact) mass is 406 g/mol. The molecule has 0 saturated carbocycles. The van der Waals surface area contributed by atoms with Gasteiger partial charge in [-0.05, 0) is 35.5 Å². The zero-order chi connectivity index (χ0) is 15.1. The first-order chi connectivity index (χ1) is 10.2. The molecule has 122 valence electrons. The van der Waals surface area contributed by atoms with Crippen LogP contribution in [-0.4, -0.2) is 39.1 Å². The van der Waals surface area contributed by atoms with Gasteiger partial charge in [0.1, 0.15) is 5.75 Å². The molecule has 1 aromatic heterocycles. The third-order valence-corrected chi connectivity index (χ3v) is 4.23. The van der Waals surface area contributed by atoms with E-state index in [-0.39, 0.29) is 12.4 Å². The summed E-state index contributed by atoms with van der Waals surface area (Å²) in [5.74, 6) is 1.84. The predicted octanol–water partition coefficient (Wildman–Crippen LogP) is -0.743. The van der Waals surface area contributed by atoms with E-state index in [0.717, 1.165) is 39.8 Å². The van der Waals surface area contributed by atoms with Crippen molar-refractivity contribution in [2.75, 3.05) is 18.9 Å². The minimum Gasteiger partial charge on any atom is -1.00 e. The van der Waals surface area contributed by atoms with Crippen molar-refractivity contribution in [2.45, 2.75) is 18.6 Å². The van der Waals surface area contributed by atoms with Crippen molar-refractivity contribution in [1.29, 1.82) is 0 Å². The highest BCUT2D eigenvalue weighted by Gasteiger charge is 2.05. The first-order valence-electron chi connectivity index (χ1n) is 6.67. The lowest BCUT2D eigenvalue weighted by Gasteiger charge is -2.11. The molecule has 2 rings (SSSR count). The van der Waals surface area contributed by atoms with Crippen LogP contribution in [-0.2, 0) is 13.6 Å².